The molecule has 1 aliphatic rings. The molecule has 0 aromatic carbocycles. The average molecular weight is 232 g/mol. The van der Waals surface area contributed by atoms with Crippen molar-refractivity contribution in [2.45, 2.75) is 26.0 Å². The van der Waals surface area contributed by atoms with Crippen molar-refractivity contribution in [1.29, 1.82) is 0 Å². The Morgan fingerprint density at radius 1 is 1.33 bits per heavy atom. The number of nitrogens with one attached hydrogen (secondary N) is 1. The Hall–Kier alpha value is 0.230. The van der Waals surface area contributed by atoms with Crippen LogP contribution in [0.25, 0.3) is 0 Å². The van der Waals surface area contributed by atoms with E-state index in [-0.39, 0.29) is 0 Å². The molecule has 90 valence electrons. The lowest BCUT2D eigenvalue weighted by Crippen LogP contribution is -2.43. The molecule has 0 aromatic heterocycles. The second kappa shape index (κ2) is 7.49. The minimum Gasteiger partial charge on any atom is -0.380 e. The largest absolute Gasteiger partial charge is 0.380 e. The van der Waals surface area contributed by atoms with Crippen molar-refractivity contribution in [1.82, 2.24) is 10.2 Å². The Labute approximate surface area is 97.9 Å². The molecule has 1 aliphatic heterocycles. The third kappa shape index (κ3) is 5.20. The van der Waals surface area contributed by atoms with Gasteiger partial charge in [0.15, 0.2) is 0 Å². The first-order valence-corrected chi connectivity index (χ1v) is 6.95. The van der Waals surface area contributed by atoms with E-state index in [9.17, 15) is 0 Å². The lowest BCUT2D eigenvalue weighted by molar-refractivity contribution is 0.0877. The fraction of sp³-hybridized carbons (Fsp3) is 1.00. The van der Waals surface area contributed by atoms with Gasteiger partial charge in [0.05, 0.1) is 6.10 Å². The summed E-state index contributed by atoms with van der Waals surface area (Å²) in [6.07, 6.45) is 0.293. The first-order chi connectivity index (χ1) is 7.24. The van der Waals surface area contributed by atoms with Crippen LogP contribution in [0.5, 0.6) is 0 Å². The molecule has 1 rings (SSSR count). The average Bonchev–Trinajstić information content (AvgIpc) is 2.29. The van der Waals surface area contributed by atoms with Gasteiger partial charge in [-0.2, -0.15) is 11.8 Å². The SMILES string of the molecule is COC(C)C(C)NCCN1CCSCC1. The molecule has 4 heteroatoms. The highest BCUT2D eigenvalue weighted by Gasteiger charge is 2.12. The molecule has 1 fully saturated rings. The molecule has 15 heavy (non-hydrogen) atoms. The first kappa shape index (κ1) is 13.3. The highest BCUT2D eigenvalue weighted by atomic mass is 32.2. The summed E-state index contributed by atoms with van der Waals surface area (Å²) < 4.78 is 5.28. The zero-order valence-electron chi connectivity index (χ0n) is 10.2. The highest BCUT2D eigenvalue weighted by molar-refractivity contribution is 7.99. The van der Waals surface area contributed by atoms with Crippen LogP contribution in [0, 0.1) is 0 Å². The van der Waals surface area contributed by atoms with Crippen molar-refractivity contribution in [3.05, 3.63) is 0 Å². The van der Waals surface area contributed by atoms with Gasteiger partial charge in [0.25, 0.3) is 0 Å². The van der Waals surface area contributed by atoms with Crippen molar-refractivity contribution >= 4 is 11.8 Å². The summed E-state index contributed by atoms with van der Waals surface area (Å²) in [6, 6.07) is 0.439. The fourth-order valence-corrected chi connectivity index (χ4v) is 2.62. The summed E-state index contributed by atoms with van der Waals surface area (Å²) in [5.41, 5.74) is 0. The van der Waals surface area contributed by atoms with E-state index in [1.807, 2.05) is 0 Å². The van der Waals surface area contributed by atoms with Gasteiger partial charge in [-0.15, -0.1) is 0 Å². The Bertz CT molecular complexity index is 161. The van der Waals surface area contributed by atoms with Crippen molar-refractivity contribution in [3.8, 4) is 0 Å². The van der Waals surface area contributed by atoms with Crippen molar-refractivity contribution in [2.24, 2.45) is 0 Å². The molecule has 1 heterocycles. The predicted molar refractivity (Wildman–Crippen MR) is 67.7 cm³/mol. The zero-order valence-corrected chi connectivity index (χ0v) is 11.0. The van der Waals surface area contributed by atoms with E-state index in [2.05, 4.69) is 35.8 Å². The van der Waals surface area contributed by atoms with Gasteiger partial charge < -0.3 is 15.0 Å². The van der Waals surface area contributed by atoms with E-state index in [1.54, 1.807) is 7.11 Å². The molecule has 0 aromatic rings. The molecule has 0 amide bonds. The zero-order chi connectivity index (χ0) is 11.1. The Kier molecular flexibility index (Phi) is 6.64. The van der Waals surface area contributed by atoms with E-state index in [4.69, 9.17) is 4.74 Å². The van der Waals surface area contributed by atoms with Crippen LogP contribution in [-0.4, -0.2) is 61.8 Å². The Morgan fingerprint density at radius 2 is 2.00 bits per heavy atom. The first-order valence-electron chi connectivity index (χ1n) is 5.80. The number of ether oxygens (including phenoxy) is 1. The van der Waals surface area contributed by atoms with Gasteiger partial charge in [-0.25, -0.2) is 0 Å². The molecule has 2 unspecified atom stereocenters. The van der Waals surface area contributed by atoms with E-state index in [1.165, 1.54) is 31.1 Å². The van der Waals surface area contributed by atoms with Crippen LogP contribution in [0.1, 0.15) is 13.8 Å². The quantitative estimate of drug-likeness (QED) is 0.740. The fourth-order valence-electron chi connectivity index (χ4n) is 1.65. The Balaban J connectivity index is 2.04. The molecule has 1 saturated heterocycles. The molecule has 3 nitrogen and oxygen atoms in total. The van der Waals surface area contributed by atoms with Crippen molar-refractivity contribution in [3.63, 3.8) is 0 Å². The van der Waals surface area contributed by atoms with Crippen molar-refractivity contribution in [2.75, 3.05) is 44.8 Å². The molecule has 0 spiro atoms. The van der Waals surface area contributed by atoms with Gasteiger partial charge in [0.1, 0.15) is 0 Å². The third-order valence-electron chi connectivity index (χ3n) is 3.07. The number of rotatable bonds is 6. The molecule has 1 N–H and O–H groups in total. The van der Waals surface area contributed by atoms with E-state index in [0.717, 1.165) is 6.54 Å². The van der Waals surface area contributed by atoms with Gasteiger partial charge in [-0.3, -0.25) is 0 Å². The maximum atomic E-state index is 5.28. The van der Waals surface area contributed by atoms with Gasteiger partial charge in [-0.05, 0) is 13.8 Å². The van der Waals surface area contributed by atoms with Crippen LogP contribution in [-0.2, 0) is 4.74 Å². The summed E-state index contributed by atoms with van der Waals surface area (Å²) in [5.74, 6) is 2.59. The van der Waals surface area contributed by atoms with E-state index in [0.29, 0.717) is 12.1 Å². The molecular formula is C11H24N2OS. The Morgan fingerprint density at radius 3 is 2.60 bits per heavy atom. The smallest absolute Gasteiger partial charge is 0.0693 e. The monoisotopic (exact) mass is 232 g/mol. The number of hydrogen-bond donors (Lipinski definition) is 1. The summed E-state index contributed by atoms with van der Waals surface area (Å²) in [6.45, 7) is 9.03. The van der Waals surface area contributed by atoms with Gasteiger partial charge >= 0.3 is 0 Å². The second-order valence-electron chi connectivity index (χ2n) is 4.14. The van der Waals surface area contributed by atoms with Crippen LogP contribution in [0.4, 0.5) is 0 Å². The molecule has 2 atom stereocenters. The van der Waals surface area contributed by atoms with Gasteiger partial charge in [-0.1, -0.05) is 0 Å². The van der Waals surface area contributed by atoms with Crippen LogP contribution < -0.4 is 5.32 Å². The standard InChI is InChI=1S/C11H24N2OS/c1-10(11(2)14-3)12-4-5-13-6-8-15-9-7-13/h10-12H,4-9H2,1-3H3. The normalized spacial score (nSPS) is 22.6. The van der Waals surface area contributed by atoms with Crippen LogP contribution in [0.3, 0.4) is 0 Å². The van der Waals surface area contributed by atoms with Crippen LogP contribution in [0.15, 0.2) is 0 Å². The summed E-state index contributed by atoms with van der Waals surface area (Å²) in [5, 5.41) is 3.51. The molecular weight excluding hydrogens is 208 g/mol. The van der Waals surface area contributed by atoms with Gasteiger partial charge in [0, 0.05) is 50.8 Å². The minimum atomic E-state index is 0.293. The molecule has 0 bridgehead atoms. The number of hydrogen-bond acceptors (Lipinski definition) is 4. The molecule has 0 aliphatic carbocycles. The lowest BCUT2D eigenvalue weighted by atomic mass is 10.2. The van der Waals surface area contributed by atoms with E-state index >= 15 is 0 Å². The van der Waals surface area contributed by atoms with Crippen molar-refractivity contribution < 1.29 is 4.74 Å². The summed E-state index contributed by atoms with van der Waals surface area (Å²) in [4.78, 5) is 2.54. The number of methoxy groups -OCH3 is 1. The second-order valence-corrected chi connectivity index (χ2v) is 5.36. The van der Waals surface area contributed by atoms with E-state index < -0.39 is 0 Å². The molecule has 0 saturated carbocycles. The van der Waals surface area contributed by atoms with Gasteiger partial charge in [0.2, 0.25) is 0 Å². The number of thioether (sulfide) groups is 1. The minimum absolute atomic E-state index is 0.293. The summed E-state index contributed by atoms with van der Waals surface area (Å²) in [7, 11) is 1.77. The summed E-state index contributed by atoms with van der Waals surface area (Å²) >= 11 is 2.06. The van der Waals surface area contributed by atoms with Crippen LogP contribution in [0.2, 0.25) is 0 Å². The lowest BCUT2D eigenvalue weighted by Gasteiger charge is -2.27. The predicted octanol–water partition coefficient (Wildman–Crippen LogP) is 1.05. The topological polar surface area (TPSA) is 24.5 Å². The highest BCUT2D eigenvalue weighted by Crippen LogP contribution is 2.08. The number of nitrogens with zero attached hydrogens (tertiary/aromatic N) is 1. The third-order valence-corrected chi connectivity index (χ3v) is 4.02. The molecule has 0 radical (unpaired) electrons. The maximum absolute atomic E-state index is 5.28. The van der Waals surface area contributed by atoms with Crippen LogP contribution >= 0.6 is 11.8 Å². The maximum Gasteiger partial charge on any atom is 0.0693 e.